The van der Waals surface area contributed by atoms with Gasteiger partial charge in [-0.05, 0) is 0 Å². The number of alkyl halides is 3. The van der Waals surface area contributed by atoms with E-state index in [1.807, 2.05) is 0 Å². The Labute approximate surface area is 105 Å². The van der Waals surface area contributed by atoms with E-state index in [9.17, 15) is 13.2 Å². The van der Waals surface area contributed by atoms with Gasteiger partial charge in [-0.25, -0.2) is 4.68 Å². The summed E-state index contributed by atoms with van der Waals surface area (Å²) in [6.07, 6.45) is -3.92. The lowest BCUT2D eigenvalue weighted by atomic mass is 10.3. The second-order valence-corrected chi connectivity index (χ2v) is 3.83. The van der Waals surface area contributed by atoms with Crippen molar-refractivity contribution in [3.8, 4) is 0 Å². The van der Waals surface area contributed by atoms with E-state index in [4.69, 9.17) is 10.3 Å². The maximum atomic E-state index is 12.0. The molecular weight excluding hydrogens is 265 g/mol. The molecule has 2 N–H and O–H groups in total. The molecule has 0 aromatic carbocycles. The molecule has 10 heteroatoms. The Morgan fingerprint density at radius 2 is 2.16 bits per heavy atom. The summed E-state index contributed by atoms with van der Waals surface area (Å²) in [6.45, 7) is 0.396. The van der Waals surface area contributed by atoms with Crippen molar-refractivity contribution < 1.29 is 17.7 Å². The van der Waals surface area contributed by atoms with Crippen molar-refractivity contribution in [1.29, 1.82) is 0 Å². The second kappa shape index (κ2) is 5.34. The van der Waals surface area contributed by atoms with Crippen LogP contribution in [0.4, 0.5) is 13.2 Å². The highest BCUT2D eigenvalue weighted by Crippen LogP contribution is 2.21. The lowest BCUT2D eigenvalue weighted by Gasteiger charge is -2.01. The van der Waals surface area contributed by atoms with Crippen molar-refractivity contribution in [2.45, 2.75) is 32.1 Å². The van der Waals surface area contributed by atoms with Crippen LogP contribution < -0.4 is 5.73 Å². The third-order valence-corrected chi connectivity index (χ3v) is 2.23. The number of hydrogen-bond acceptors (Lipinski definition) is 6. The van der Waals surface area contributed by atoms with Crippen molar-refractivity contribution >= 4 is 0 Å². The van der Waals surface area contributed by atoms with Crippen LogP contribution in [0.2, 0.25) is 0 Å². The zero-order valence-corrected chi connectivity index (χ0v) is 9.76. The highest BCUT2D eigenvalue weighted by atomic mass is 19.4. The van der Waals surface area contributed by atoms with Gasteiger partial charge in [-0.15, -0.1) is 5.10 Å². The highest BCUT2D eigenvalue weighted by molar-refractivity contribution is 4.93. The molecule has 0 saturated heterocycles. The molecule has 19 heavy (non-hydrogen) atoms. The highest BCUT2D eigenvalue weighted by Gasteiger charge is 2.27. The van der Waals surface area contributed by atoms with Gasteiger partial charge < -0.3 is 10.3 Å². The predicted molar refractivity (Wildman–Crippen MR) is 55.7 cm³/mol. The third kappa shape index (κ3) is 4.02. The fourth-order valence-electron chi connectivity index (χ4n) is 1.36. The van der Waals surface area contributed by atoms with Gasteiger partial charge >= 0.3 is 6.18 Å². The van der Waals surface area contributed by atoms with E-state index in [2.05, 4.69) is 20.5 Å². The number of halogens is 3. The van der Waals surface area contributed by atoms with Gasteiger partial charge in [0.15, 0.2) is 5.82 Å². The van der Waals surface area contributed by atoms with E-state index < -0.39 is 12.6 Å². The van der Waals surface area contributed by atoms with Gasteiger partial charge in [0.2, 0.25) is 5.89 Å². The van der Waals surface area contributed by atoms with E-state index in [0.717, 1.165) is 0 Å². The zero-order valence-electron chi connectivity index (χ0n) is 9.76. The Balaban J connectivity index is 1.93. The molecule has 2 heterocycles. The fourth-order valence-corrected chi connectivity index (χ4v) is 1.36. The average molecular weight is 276 g/mol. The minimum absolute atomic E-state index is 0.0199. The molecule has 0 saturated carbocycles. The summed E-state index contributed by atoms with van der Waals surface area (Å²) in [5.41, 5.74) is 5.96. The van der Waals surface area contributed by atoms with Crippen LogP contribution in [-0.4, -0.2) is 31.3 Å². The molecule has 0 atom stereocenters. The van der Waals surface area contributed by atoms with Crippen molar-refractivity contribution in [3.63, 3.8) is 0 Å². The normalized spacial score (nSPS) is 12.0. The number of rotatable bonds is 5. The van der Waals surface area contributed by atoms with Crippen LogP contribution in [0.15, 0.2) is 10.7 Å². The quantitative estimate of drug-likeness (QED) is 0.862. The second-order valence-electron chi connectivity index (χ2n) is 3.83. The first-order valence-electron chi connectivity index (χ1n) is 5.43. The average Bonchev–Trinajstić information content (AvgIpc) is 2.95. The fraction of sp³-hybridized carbons (Fsp3) is 0.556. The molecule has 0 radical (unpaired) electrons. The predicted octanol–water partition coefficient (Wildman–Crippen LogP) is 0.663. The van der Waals surface area contributed by atoms with Gasteiger partial charge in [0.25, 0.3) is 0 Å². The molecule has 104 valence electrons. The Bertz CT molecular complexity index is 534. The van der Waals surface area contributed by atoms with Crippen molar-refractivity contribution in [3.05, 3.63) is 23.6 Å². The van der Waals surface area contributed by atoms with E-state index in [0.29, 0.717) is 5.69 Å². The summed E-state index contributed by atoms with van der Waals surface area (Å²) in [5.74, 6) is 0.192. The zero-order chi connectivity index (χ0) is 13.9. The molecule has 2 aromatic rings. The van der Waals surface area contributed by atoms with Crippen molar-refractivity contribution in [2.75, 3.05) is 0 Å². The van der Waals surface area contributed by atoms with Crippen molar-refractivity contribution in [2.24, 2.45) is 5.73 Å². The summed E-state index contributed by atoms with van der Waals surface area (Å²) < 4.78 is 42.3. The number of nitrogens with two attached hydrogens (primary N) is 1. The molecule has 7 nitrogen and oxygen atoms in total. The maximum Gasteiger partial charge on any atom is 0.389 e. The van der Waals surface area contributed by atoms with Crippen LogP contribution >= 0.6 is 0 Å². The Kier molecular flexibility index (Phi) is 3.79. The van der Waals surface area contributed by atoms with Crippen LogP contribution in [0, 0.1) is 0 Å². The molecular formula is C9H11F3N6O. The lowest BCUT2D eigenvalue weighted by Crippen LogP contribution is -2.09. The molecule has 0 amide bonds. The molecule has 0 spiro atoms. The summed E-state index contributed by atoms with van der Waals surface area (Å²) in [6, 6.07) is 0. The SMILES string of the molecule is NCc1cn(Cc2nc(CCC(F)(F)F)no2)nn1. The third-order valence-electron chi connectivity index (χ3n) is 2.23. The number of nitrogens with zero attached hydrogens (tertiary/aromatic N) is 5. The van der Waals surface area contributed by atoms with Crippen LogP contribution in [0.1, 0.15) is 23.8 Å². The molecule has 0 unspecified atom stereocenters. The molecule has 0 aliphatic rings. The Morgan fingerprint density at radius 3 is 2.79 bits per heavy atom. The topological polar surface area (TPSA) is 95.7 Å². The van der Waals surface area contributed by atoms with Gasteiger partial charge in [-0.3, -0.25) is 0 Å². The summed E-state index contributed by atoms with van der Waals surface area (Å²) in [5, 5.41) is 11.0. The largest absolute Gasteiger partial charge is 0.389 e. The number of aryl methyl sites for hydroxylation is 1. The maximum absolute atomic E-state index is 12.0. The molecule has 2 rings (SSSR count). The van der Waals surface area contributed by atoms with Crippen LogP contribution in [0.25, 0.3) is 0 Å². The summed E-state index contributed by atoms with van der Waals surface area (Å²) in [7, 11) is 0. The molecule has 0 aliphatic carbocycles. The number of hydrogen-bond donors (Lipinski definition) is 1. The minimum Gasteiger partial charge on any atom is -0.337 e. The first-order valence-corrected chi connectivity index (χ1v) is 5.43. The smallest absolute Gasteiger partial charge is 0.337 e. The van der Waals surface area contributed by atoms with E-state index >= 15 is 0 Å². The molecule has 0 fully saturated rings. The van der Waals surface area contributed by atoms with Crippen LogP contribution in [0.3, 0.4) is 0 Å². The van der Waals surface area contributed by atoms with Gasteiger partial charge in [0, 0.05) is 13.0 Å². The first kappa shape index (κ1) is 13.5. The molecule has 0 aliphatic heterocycles. The lowest BCUT2D eigenvalue weighted by molar-refractivity contribution is -0.134. The van der Waals surface area contributed by atoms with Gasteiger partial charge in [0.05, 0.1) is 18.3 Å². The van der Waals surface area contributed by atoms with E-state index in [1.54, 1.807) is 6.20 Å². The van der Waals surface area contributed by atoms with Crippen LogP contribution in [-0.2, 0) is 19.5 Å². The summed E-state index contributed by atoms with van der Waals surface area (Å²) in [4.78, 5) is 3.85. The van der Waals surface area contributed by atoms with Gasteiger partial charge in [-0.1, -0.05) is 10.4 Å². The standard InChI is InChI=1S/C9H11F3N6O/c10-9(11,12)2-1-7-14-8(19-16-7)5-18-4-6(3-13)15-17-18/h4H,1-3,5,13H2. The Hall–Kier alpha value is -1.97. The van der Waals surface area contributed by atoms with Crippen LogP contribution in [0.5, 0.6) is 0 Å². The van der Waals surface area contributed by atoms with Crippen molar-refractivity contribution in [1.82, 2.24) is 25.1 Å². The molecule has 0 bridgehead atoms. The van der Waals surface area contributed by atoms with E-state index in [-0.39, 0.29) is 31.2 Å². The Morgan fingerprint density at radius 1 is 1.37 bits per heavy atom. The van der Waals surface area contributed by atoms with Gasteiger partial charge in [0.1, 0.15) is 6.54 Å². The summed E-state index contributed by atoms with van der Waals surface area (Å²) >= 11 is 0. The monoisotopic (exact) mass is 276 g/mol. The minimum atomic E-state index is -4.23. The van der Waals surface area contributed by atoms with Gasteiger partial charge in [-0.2, -0.15) is 18.2 Å². The first-order chi connectivity index (χ1) is 8.96. The number of aromatic nitrogens is 5. The van der Waals surface area contributed by atoms with E-state index in [1.165, 1.54) is 4.68 Å². The molecule has 2 aromatic heterocycles.